The number of nitrogens with zero attached hydrogens (tertiary/aromatic N) is 4. The summed E-state index contributed by atoms with van der Waals surface area (Å²) in [5.74, 6) is -4.46. The third-order valence-corrected chi connectivity index (χ3v) is 5.37. The van der Waals surface area contributed by atoms with Crippen molar-refractivity contribution in [3.05, 3.63) is 47.3 Å². The summed E-state index contributed by atoms with van der Waals surface area (Å²) in [5.41, 5.74) is 2.88. The second kappa shape index (κ2) is 10.4. The smallest absolute Gasteiger partial charge is 0.348 e. The van der Waals surface area contributed by atoms with Gasteiger partial charge in [-0.2, -0.15) is 9.97 Å². The fraction of sp³-hybridized carbons (Fsp3) is 0.350. The maximum atomic E-state index is 15.2. The van der Waals surface area contributed by atoms with Crippen molar-refractivity contribution in [1.29, 1.82) is 0 Å². The number of anilines is 1. The number of carboxylic acids is 2. The van der Waals surface area contributed by atoms with E-state index >= 15 is 4.39 Å². The first-order valence-corrected chi connectivity index (χ1v) is 10.2. The highest BCUT2D eigenvalue weighted by atomic mass is 35.5. The Hall–Kier alpha value is -3.46. The number of hydrogen-bond acceptors (Lipinski definition) is 9. The number of nitrogens with two attached hydrogens (primary N) is 1. The van der Waals surface area contributed by atoms with Crippen LogP contribution in [-0.2, 0) is 25.5 Å². The van der Waals surface area contributed by atoms with Crippen LogP contribution in [0.5, 0.6) is 0 Å². The Morgan fingerprint density at radius 1 is 1.23 bits per heavy atom. The summed E-state index contributed by atoms with van der Waals surface area (Å²) in [5, 5.41) is 29.6. The fourth-order valence-electron chi connectivity index (χ4n) is 3.27. The Morgan fingerprint density at radius 2 is 1.86 bits per heavy atom. The zero-order valence-corrected chi connectivity index (χ0v) is 18.8. The van der Waals surface area contributed by atoms with E-state index in [0.29, 0.717) is 0 Å². The molecule has 0 aliphatic carbocycles. The lowest BCUT2D eigenvalue weighted by molar-refractivity contribution is -0.192. The molecule has 0 unspecified atom stereocenters. The lowest BCUT2D eigenvalue weighted by Crippen LogP contribution is -2.53. The normalized spacial score (nSPS) is 14.5. The molecular weight excluding hydrogens is 496 g/mol. The van der Waals surface area contributed by atoms with Crippen LogP contribution in [0.25, 0.3) is 11.2 Å². The summed E-state index contributed by atoms with van der Waals surface area (Å²) < 4.78 is 39.5. The molecule has 3 aromatic rings. The second-order valence-electron chi connectivity index (χ2n) is 7.39. The maximum absolute atomic E-state index is 15.2. The Balaban J connectivity index is 1.84. The van der Waals surface area contributed by atoms with Crippen LogP contribution in [0.4, 0.5) is 14.6 Å². The number of aliphatic carboxylic acids is 2. The Bertz CT molecular complexity index is 1210. The van der Waals surface area contributed by atoms with Crippen LogP contribution >= 0.6 is 11.6 Å². The van der Waals surface area contributed by atoms with Gasteiger partial charge in [0.1, 0.15) is 23.5 Å². The van der Waals surface area contributed by atoms with Gasteiger partial charge in [-0.05, 0) is 29.3 Å². The number of nitrogen functional groups attached to an aromatic ring is 1. The van der Waals surface area contributed by atoms with E-state index in [1.165, 1.54) is 12.1 Å². The van der Waals surface area contributed by atoms with E-state index in [2.05, 4.69) is 15.0 Å². The zero-order valence-electron chi connectivity index (χ0n) is 18.0. The summed E-state index contributed by atoms with van der Waals surface area (Å²) >= 11 is 5.76. The summed E-state index contributed by atoms with van der Waals surface area (Å²) in [6.07, 6.45) is -5.51. The number of methoxy groups -OCH3 is 1. The van der Waals surface area contributed by atoms with Crippen molar-refractivity contribution in [3.8, 4) is 0 Å². The van der Waals surface area contributed by atoms with E-state index in [1.807, 2.05) is 0 Å². The first-order chi connectivity index (χ1) is 16.5. The summed E-state index contributed by atoms with van der Waals surface area (Å²) in [6.45, 7) is -0.845. The molecule has 0 aliphatic heterocycles. The molecule has 0 saturated heterocycles. The van der Waals surface area contributed by atoms with Crippen molar-refractivity contribution < 1.29 is 43.2 Å². The second-order valence-corrected chi connectivity index (χ2v) is 7.73. The number of hydrogen-bond donors (Lipinski definition) is 4. The lowest BCUT2D eigenvalue weighted by atomic mass is 9.94. The van der Waals surface area contributed by atoms with Crippen LogP contribution in [0.1, 0.15) is 11.9 Å². The van der Waals surface area contributed by atoms with Crippen LogP contribution in [0.2, 0.25) is 5.28 Å². The standard InChI is InChI=1S/C20H20ClF2N5O7/c1-34-11(13(29)14(23)28-8-25-12-15(24)26-19(21)27-16(12)28)7-35-20(17(30)31,18(32)33)6-9-2-4-10(22)5-3-9/h2-5,8,11,13-14,29H,6-7H2,1H3,(H,30,31)(H,32,33)(H2,24,26,27)/t11-,13-,14-/m1/s1. The van der Waals surface area contributed by atoms with Gasteiger partial charge in [0.05, 0.1) is 12.9 Å². The van der Waals surface area contributed by atoms with Crippen molar-refractivity contribution in [3.63, 3.8) is 0 Å². The number of alkyl halides is 1. The van der Waals surface area contributed by atoms with Gasteiger partial charge in [-0.15, -0.1) is 0 Å². The minimum absolute atomic E-state index is 0.0181. The Kier molecular flexibility index (Phi) is 7.80. The van der Waals surface area contributed by atoms with Crippen LogP contribution in [0, 0.1) is 5.82 Å². The number of carbonyl (C=O) groups is 2. The largest absolute Gasteiger partial charge is 0.479 e. The van der Waals surface area contributed by atoms with Crippen LogP contribution in [-0.4, -0.2) is 78.3 Å². The molecule has 0 bridgehead atoms. The van der Waals surface area contributed by atoms with E-state index in [1.54, 1.807) is 0 Å². The Labute approximate surface area is 200 Å². The van der Waals surface area contributed by atoms with E-state index < -0.39 is 54.9 Å². The van der Waals surface area contributed by atoms with E-state index in [4.69, 9.17) is 26.8 Å². The number of fused-ring (bicyclic) bond motifs is 1. The molecule has 0 fully saturated rings. The molecule has 15 heteroatoms. The van der Waals surface area contributed by atoms with Gasteiger partial charge in [0, 0.05) is 13.5 Å². The van der Waals surface area contributed by atoms with Gasteiger partial charge in [0.25, 0.3) is 5.60 Å². The third-order valence-electron chi connectivity index (χ3n) is 5.20. The summed E-state index contributed by atoms with van der Waals surface area (Å²) in [7, 11) is 1.08. The number of aliphatic hydroxyl groups excluding tert-OH is 1. The molecule has 1 aromatic carbocycles. The number of benzene rings is 1. The molecular formula is C20H20ClF2N5O7. The quantitative estimate of drug-likeness (QED) is 0.212. The predicted octanol–water partition coefficient (Wildman–Crippen LogP) is 1.21. The molecule has 2 aromatic heterocycles. The number of carboxylic acid groups (broad SMARTS) is 2. The van der Waals surface area contributed by atoms with Crippen molar-refractivity contribution in [2.24, 2.45) is 0 Å². The maximum Gasteiger partial charge on any atom is 0.348 e. The number of aliphatic hydroxyl groups is 1. The Morgan fingerprint density at radius 3 is 2.43 bits per heavy atom. The SMILES string of the molecule is CO[C@H](COC(Cc1ccc(F)cc1)(C(=O)O)C(=O)O)[C@@H](O)[C@H](F)n1cnc2c(N)nc(Cl)nc21. The van der Waals surface area contributed by atoms with Gasteiger partial charge in [0.15, 0.2) is 11.5 Å². The topological polar surface area (TPSA) is 183 Å². The molecule has 35 heavy (non-hydrogen) atoms. The van der Waals surface area contributed by atoms with E-state index in [-0.39, 0.29) is 27.8 Å². The van der Waals surface area contributed by atoms with E-state index in [9.17, 15) is 29.3 Å². The van der Waals surface area contributed by atoms with Crippen molar-refractivity contribution >= 4 is 40.5 Å². The van der Waals surface area contributed by atoms with Gasteiger partial charge in [-0.3, -0.25) is 4.57 Å². The first kappa shape index (κ1) is 26.2. The average Bonchev–Trinajstić information content (AvgIpc) is 3.23. The number of halogens is 3. The number of imidazole rings is 1. The first-order valence-electron chi connectivity index (χ1n) is 9.85. The van der Waals surface area contributed by atoms with Gasteiger partial charge in [0.2, 0.25) is 11.6 Å². The van der Waals surface area contributed by atoms with Crippen molar-refractivity contribution in [1.82, 2.24) is 19.5 Å². The average molecular weight is 516 g/mol. The van der Waals surface area contributed by atoms with Gasteiger partial charge in [-0.25, -0.2) is 23.4 Å². The number of aromatic nitrogens is 4. The van der Waals surface area contributed by atoms with Crippen LogP contribution in [0.3, 0.4) is 0 Å². The molecule has 0 amide bonds. The molecule has 2 heterocycles. The molecule has 12 nitrogen and oxygen atoms in total. The lowest BCUT2D eigenvalue weighted by Gasteiger charge is -2.30. The monoisotopic (exact) mass is 515 g/mol. The number of ether oxygens (including phenoxy) is 2. The van der Waals surface area contributed by atoms with Gasteiger partial charge < -0.3 is 30.5 Å². The predicted molar refractivity (Wildman–Crippen MR) is 116 cm³/mol. The zero-order chi connectivity index (χ0) is 25.9. The molecule has 3 rings (SSSR count). The van der Waals surface area contributed by atoms with Crippen LogP contribution < -0.4 is 5.73 Å². The molecule has 0 saturated carbocycles. The highest BCUT2D eigenvalue weighted by molar-refractivity contribution is 6.28. The molecule has 188 valence electrons. The molecule has 5 N–H and O–H groups in total. The van der Waals surface area contributed by atoms with Gasteiger partial charge in [-0.1, -0.05) is 12.1 Å². The number of rotatable bonds is 11. The molecule has 0 aliphatic rings. The van der Waals surface area contributed by atoms with Gasteiger partial charge >= 0.3 is 11.9 Å². The van der Waals surface area contributed by atoms with Crippen molar-refractivity contribution in [2.75, 3.05) is 19.5 Å². The van der Waals surface area contributed by atoms with Crippen molar-refractivity contribution in [2.45, 2.75) is 30.5 Å². The fourth-order valence-corrected chi connectivity index (χ4v) is 3.44. The molecule has 0 spiro atoms. The highest BCUT2D eigenvalue weighted by Crippen LogP contribution is 2.27. The minimum Gasteiger partial charge on any atom is -0.479 e. The highest BCUT2D eigenvalue weighted by Gasteiger charge is 2.49. The molecule has 3 atom stereocenters. The minimum atomic E-state index is -2.84. The van der Waals surface area contributed by atoms with Crippen LogP contribution in [0.15, 0.2) is 30.6 Å². The van der Waals surface area contributed by atoms with E-state index in [0.717, 1.165) is 30.1 Å². The summed E-state index contributed by atoms with van der Waals surface area (Å²) in [4.78, 5) is 35.3. The summed E-state index contributed by atoms with van der Waals surface area (Å²) in [6, 6.07) is 4.44. The molecule has 0 radical (unpaired) electrons. The third kappa shape index (κ3) is 5.30.